The van der Waals surface area contributed by atoms with Crippen molar-refractivity contribution in [2.75, 3.05) is 0 Å². The molecule has 0 atom stereocenters. The van der Waals surface area contributed by atoms with Gasteiger partial charge in [-0.2, -0.15) is 0 Å². The Morgan fingerprint density at radius 3 is 2.11 bits per heavy atom. The summed E-state index contributed by atoms with van der Waals surface area (Å²) in [7, 11) is -3.99. The van der Waals surface area contributed by atoms with Crippen molar-refractivity contribution >= 4 is 21.7 Å². The van der Waals surface area contributed by atoms with Crippen LogP contribution in [0.25, 0.3) is 0 Å². The van der Waals surface area contributed by atoms with E-state index in [4.69, 9.17) is 9.47 Å². The van der Waals surface area contributed by atoms with Crippen LogP contribution in [0, 0.1) is 0 Å². The summed E-state index contributed by atoms with van der Waals surface area (Å²) < 4.78 is 36.9. The number of amides is 1. The molecule has 0 aromatic heterocycles. The molecule has 0 aromatic carbocycles. The lowest BCUT2D eigenvalue weighted by atomic mass is 9.93. The van der Waals surface area contributed by atoms with Crippen LogP contribution >= 0.6 is 0 Å². The zero-order valence-corrected chi connectivity index (χ0v) is 15.8. The van der Waals surface area contributed by atoms with E-state index in [0.29, 0.717) is 38.5 Å². The lowest BCUT2D eigenvalue weighted by Gasteiger charge is -2.38. The molecule has 0 radical (unpaired) electrons. The van der Waals surface area contributed by atoms with E-state index in [1.165, 1.54) is 0 Å². The lowest BCUT2D eigenvalue weighted by Crippen LogP contribution is -2.47. The minimum absolute atomic E-state index is 0.341. The van der Waals surface area contributed by atoms with Crippen LogP contribution in [-0.4, -0.2) is 36.1 Å². The molecule has 9 heteroatoms. The first kappa shape index (κ1) is 18.3. The van der Waals surface area contributed by atoms with Crippen LogP contribution in [0.5, 0.6) is 0 Å². The van der Waals surface area contributed by atoms with Crippen LogP contribution < -0.4 is 5.32 Å². The first-order chi connectivity index (χ1) is 12.8. The topological polar surface area (TPSA) is 119 Å². The molecule has 1 amide bonds. The first-order valence-electron chi connectivity index (χ1n) is 9.43. The van der Waals surface area contributed by atoms with E-state index in [0.717, 1.165) is 31.8 Å². The van der Waals surface area contributed by atoms with Gasteiger partial charge in [-0.1, -0.05) is 25.7 Å². The molecule has 2 heterocycles. The highest BCUT2D eigenvalue weighted by Gasteiger charge is 2.55. The molecule has 8 nitrogen and oxygen atoms in total. The van der Waals surface area contributed by atoms with E-state index in [2.05, 4.69) is 5.32 Å². The third-order valence-electron chi connectivity index (χ3n) is 5.93. The predicted molar refractivity (Wildman–Crippen MR) is 93.6 cm³/mol. The van der Waals surface area contributed by atoms with E-state index in [9.17, 15) is 23.1 Å². The molecule has 2 N–H and O–H groups in total. The second-order valence-corrected chi connectivity index (χ2v) is 9.93. The average molecular weight is 397 g/mol. The molecular weight excluding hydrogens is 374 g/mol. The van der Waals surface area contributed by atoms with Crippen molar-refractivity contribution in [2.45, 2.75) is 74.9 Å². The van der Waals surface area contributed by atoms with Gasteiger partial charge in [0.25, 0.3) is 17.6 Å². The van der Waals surface area contributed by atoms with Gasteiger partial charge in [0, 0.05) is 12.8 Å². The molecule has 0 unspecified atom stereocenters. The van der Waals surface area contributed by atoms with E-state index in [1.807, 2.05) is 0 Å². The number of carbonyl (C=O) groups excluding carboxylic acids is 2. The maximum atomic E-state index is 13.0. The lowest BCUT2D eigenvalue weighted by molar-refractivity contribution is -0.249. The highest BCUT2D eigenvalue weighted by atomic mass is 32.2. The Balaban J connectivity index is 1.69. The molecule has 0 bridgehead atoms. The molecule has 1 saturated heterocycles. The largest absolute Gasteiger partial charge is 0.480 e. The summed E-state index contributed by atoms with van der Waals surface area (Å²) in [5.41, 5.74) is -0.437. The third kappa shape index (κ3) is 2.83. The number of aliphatic hydroxyl groups excluding tert-OH is 1. The van der Waals surface area contributed by atoms with Gasteiger partial charge in [0.15, 0.2) is 0 Å². The number of carbonyl (C=O) groups is 2. The van der Waals surface area contributed by atoms with Crippen LogP contribution in [0.3, 0.4) is 0 Å². The van der Waals surface area contributed by atoms with Gasteiger partial charge >= 0.3 is 5.97 Å². The Labute approximate surface area is 157 Å². The number of nitrogens with one attached hydrogen (secondary N) is 1. The zero-order chi connectivity index (χ0) is 19.3. The van der Waals surface area contributed by atoms with Crippen molar-refractivity contribution in [2.24, 2.45) is 0 Å². The molecule has 2 spiro atoms. The van der Waals surface area contributed by atoms with Crippen LogP contribution in [0.15, 0.2) is 22.5 Å². The van der Waals surface area contributed by atoms with Crippen molar-refractivity contribution in [3.8, 4) is 0 Å². The van der Waals surface area contributed by atoms with E-state index in [-0.39, 0.29) is 0 Å². The molecule has 0 aromatic rings. The standard InChI is InChI=1S/C18H23NO7S/c20-14-13(27(23,24)17(19-14)7-3-1-4-8-17)11-12-15(21)25-18(26-16(12)22)9-5-2-6-10-18/h11,21H,1-10H2,(H,19,20)/b13-11+. The summed E-state index contributed by atoms with van der Waals surface area (Å²) in [4.78, 5) is 23.0. The second-order valence-electron chi connectivity index (χ2n) is 7.70. The highest BCUT2D eigenvalue weighted by molar-refractivity contribution is 7.98. The molecule has 148 valence electrons. The zero-order valence-electron chi connectivity index (χ0n) is 15.0. The smallest absolute Gasteiger partial charge is 0.348 e. The summed E-state index contributed by atoms with van der Waals surface area (Å²) in [5, 5.41) is 12.9. The molecule has 4 rings (SSSR count). The SMILES string of the molecule is O=C1OC2(CCCCC2)OC(O)=C1/C=C1\C(=O)NC2(CCCCC2)S1(=O)=O. The molecule has 3 fully saturated rings. The van der Waals surface area contributed by atoms with Gasteiger partial charge in [-0.25, -0.2) is 13.2 Å². The summed E-state index contributed by atoms with van der Waals surface area (Å²) >= 11 is 0. The summed E-state index contributed by atoms with van der Waals surface area (Å²) in [6.45, 7) is 0. The third-order valence-corrected chi connectivity index (χ3v) is 8.35. The minimum Gasteiger partial charge on any atom is -0.480 e. The van der Waals surface area contributed by atoms with Gasteiger partial charge in [0.05, 0.1) is 0 Å². The summed E-state index contributed by atoms with van der Waals surface area (Å²) in [5.74, 6) is -3.51. The van der Waals surface area contributed by atoms with Gasteiger partial charge in [-0.05, 0) is 31.8 Å². The van der Waals surface area contributed by atoms with Gasteiger partial charge in [-0.3, -0.25) is 4.79 Å². The Morgan fingerprint density at radius 1 is 0.926 bits per heavy atom. The van der Waals surface area contributed by atoms with Gasteiger partial charge in [0.2, 0.25) is 9.84 Å². The van der Waals surface area contributed by atoms with Crippen LogP contribution in [-0.2, 0) is 28.9 Å². The van der Waals surface area contributed by atoms with E-state index >= 15 is 0 Å². The maximum Gasteiger partial charge on any atom is 0.348 e. The number of rotatable bonds is 1. The molecule has 2 saturated carbocycles. The Morgan fingerprint density at radius 2 is 1.52 bits per heavy atom. The number of sulfone groups is 1. The fourth-order valence-electron chi connectivity index (χ4n) is 4.44. The van der Waals surface area contributed by atoms with Gasteiger partial charge in [0.1, 0.15) is 15.3 Å². The average Bonchev–Trinajstić information content (AvgIpc) is 2.78. The number of hydrogen-bond acceptors (Lipinski definition) is 7. The van der Waals surface area contributed by atoms with Crippen LogP contribution in [0.1, 0.15) is 64.2 Å². The highest BCUT2D eigenvalue weighted by Crippen LogP contribution is 2.43. The number of aliphatic hydroxyl groups is 1. The monoisotopic (exact) mass is 397 g/mol. The van der Waals surface area contributed by atoms with Gasteiger partial charge in [-0.15, -0.1) is 0 Å². The fraction of sp³-hybridized carbons (Fsp3) is 0.667. The maximum absolute atomic E-state index is 13.0. The molecule has 4 aliphatic rings. The van der Waals surface area contributed by atoms with Crippen molar-refractivity contribution in [3.63, 3.8) is 0 Å². The summed E-state index contributed by atoms with van der Waals surface area (Å²) in [6, 6.07) is 0. The Kier molecular flexibility index (Phi) is 4.25. The molecule has 2 aliphatic carbocycles. The Hall–Kier alpha value is -2.03. The van der Waals surface area contributed by atoms with Crippen molar-refractivity contribution < 1.29 is 32.6 Å². The predicted octanol–water partition coefficient (Wildman–Crippen LogP) is 2.08. The van der Waals surface area contributed by atoms with Gasteiger partial charge < -0.3 is 19.9 Å². The van der Waals surface area contributed by atoms with E-state index < -0.39 is 48.8 Å². The quantitative estimate of drug-likeness (QED) is 0.513. The molecular formula is C18H23NO7S. The van der Waals surface area contributed by atoms with Crippen molar-refractivity contribution in [1.29, 1.82) is 0 Å². The fourth-order valence-corrected chi connectivity index (χ4v) is 6.48. The van der Waals surface area contributed by atoms with E-state index in [1.54, 1.807) is 0 Å². The van der Waals surface area contributed by atoms with Crippen LogP contribution in [0.4, 0.5) is 0 Å². The number of esters is 1. The summed E-state index contributed by atoms with van der Waals surface area (Å²) in [6.07, 6.45) is 7.42. The first-order valence-corrected chi connectivity index (χ1v) is 10.9. The molecule has 2 aliphatic heterocycles. The van der Waals surface area contributed by atoms with Crippen molar-refractivity contribution in [3.05, 3.63) is 22.5 Å². The second kappa shape index (κ2) is 6.25. The number of ether oxygens (including phenoxy) is 2. The minimum atomic E-state index is -3.99. The normalized spacial score (nSPS) is 30.3. The van der Waals surface area contributed by atoms with Crippen LogP contribution in [0.2, 0.25) is 0 Å². The number of hydrogen-bond donors (Lipinski definition) is 2. The Bertz CT molecular complexity index is 843. The molecule has 27 heavy (non-hydrogen) atoms. The van der Waals surface area contributed by atoms with Crippen molar-refractivity contribution in [1.82, 2.24) is 5.32 Å².